The average molecular weight is 324 g/mol. The zero-order chi connectivity index (χ0) is 16.0. The number of thiophene rings is 1. The molecule has 4 nitrogen and oxygen atoms in total. The Morgan fingerprint density at radius 3 is 2.82 bits per heavy atom. The predicted octanol–water partition coefficient (Wildman–Crippen LogP) is 2.74. The van der Waals surface area contributed by atoms with Crippen LogP contribution in [0.4, 0.5) is 0 Å². The van der Waals surface area contributed by atoms with Crippen LogP contribution in [0.15, 0.2) is 22.5 Å². The van der Waals surface area contributed by atoms with Crippen LogP contribution >= 0.6 is 11.3 Å². The highest BCUT2D eigenvalue weighted by molar-refractivity contribution is 7.10. The number of aliphatic imine (C=N–C) groups is 1. The van der Waals surface area contributed by atoms with E-state index in [2.05, 4.69) is 48.9 Å². The zero-order valence-corrected chi connectivity index (χ0v) is 14.7. The first-order valence-electron chi connectivity index (χ1n) is 8.27. The minimum atomic E-state index is -0.155. The van der Waals surface area contributed by atoms with Gasteiger partial charge >= 0.3 is 0 Å². The maximum absolute atomic E-state index is 9.92. The number of guanidine groups is 1. The summed E-state index contributed by atoms with van der Waals surface area (Å²) in [5, 5.41) is 18.7. The minimum Gasteiger partial charge on any atom is -0.393 e. The lowest BCUT2D eigenvalue weighted by Gasteiger charge is -2.22. The molecule has 1 aliphatic rings. The third-order valence-corrected chi connectivity index (χ3v) is 5.55. The van der Waals surface area contributed by atoms with Crippen LogP contribution in [0.25, 0.3) is 0 Å². The number of aliphatic hydroxyl groups is 1. The molecule has 0 aliphatic heterocycles. The monoisotopic (exact) mass is 323 g/mol. The first-order chi connectivity index (χ1) is 10.5. The van der Waals surface area contributed by atoms with Crippen molar-refractivity contribution in [3.05, 3.63) is 22.4 Å². The minimum absolute atomic E-state index is 0.0450. The zero-order valence-electron chi connectivity index (χ0n) is 13.9. The third kappa shape index (κ3) is 4.71. The summed E-state index contributed by atoms with van der Waals surface area (Å²) >= 11 is 1.79. The fraction of sp³-hybridized carbons (Fsp3) is 0.706. The van der Waals surface area contributed by atoms with Crippen molar-refractivity contribution in [2.24, 2.45) is 10.9 Å². The molecule has 0 saturated heterocycles. The van der Waals surface area contributed by atoms with Gasteiger partial charge in [0, 0.05) is 29.3 Å². The van der Waals surface area contributed by atoms with Gasteiger partial charge in [0.15, 0.2) is 5.96 Å². The molecule has 1 fully saturated rings. The molecule has 2 rings (SSSR count). The van der Waals surface area contributed by atoms with Crippen LogP contribution in [0.1, 0.15) is 44.9 Å². The largest absolute Gasteiger partial charge is 0.393 e. The molecule has 0 aromatic carbocycles. The smallest absolute Gasteiger partial charge is 0.191 e. The van der Waals surface area contributed by atoms with E-state index in [1.54, 1.807) is 11.3 Å². The fourth-order valence-corrected chi connectivity index (χ4v) is 3.69. The molecule has 0 radical (unpaired) electrons. The van der Waals surface area contributed by atoms with Crippen molar-refractivity contribution in [1.82, 2.24) is 10.6 Å². The van der Waals surface area contributed by atoms with E-state index < -0.39 is 0 Å². The van der Waals surface area contributed by atoms with Crippen LogP contribution in [-0.2, 0) is 5.41 Å². The van der Waals surface area contributed by atoms with E-state index in [-0.39, 0.29) is 11.5 Å². The number of nitrogens with zero attached hydrogens (tertiary/aromatic N) is 1. The van der Waals surface area contributed by atoms with Crippen LogP contribution in [0, 0.1) is 5.92 Å². The number of nitrogens with one attached hydrogen (secondary N) is 2. The molecule has 124 valence electrons. The highest BCUT2D eigenvalue weighted by Gasteiger charge is 2.25. The van der Waals surface area contributed by atoms with E-state index >= 15 is 0 Å². The van der Waals surface area contributed by atoms with Crippen LogP contribution < -0.4 is 10.6 Å². The summed E-state index contributed by atoms with van der Waals surface area (Å²) in [5.41, 5.74) is 0.0450. The Morgan fingerprint density at radius 1 is 1.41 bits per heavy atom. The SMILES string of the molecule is CCNC(=NCC(C)(C)c1cccs1)NCC1CCCC1O. The van der Waals surface area contributed by atoms with E-state index in [9.17, 15) is 5.11 Å². The molecular weight excluding hydrogens is 294 g/mol. The van der Waals surface area contributed by atoms with Crippen molar-refractivity contribution in [2.75, 3.05) is 19.6 Å². The molecule has 0 spiro atoms. The topological polar surface area (TPSA) is 56.7 Å². The molecule has 1 saturated carbocycles. The number of hydrogen-bond donors (Lipinski definition) is 3. The Hall–Kier alpha value is -1.07. The van der Waals surface area contributed by atoms with Crippen molar-refractivity contribution in [2.45, 2.75) is 51.6 Å². The van der Waals surface area contributed by atoms with Crippen molar-refractivity contribution >= 4 is 17.3 Å². The van der Waals surface area contributed by atoms with Crippen LogP contribution in [0.2, 0.25) is 0 Å². The molecule has 0 amide bonds. The molecule has 2 unspecified atom stereocenters. The number of rotatable bonds is 6. The lowest BCUT2D eigenvalue weighted by molar-refractivity contribution is 0.134. The van der Waals surface area contributed by atoms with E-state index in [0.717, 1.165) is 44.9 Å². The van der Waals surface area contributed by atoms with Crippen LogP contribution in [0.5, 0.6) is 0 Å². The van der Waals surface area contributed by atoms with Gasteiger partial charge in [0.05, 0.1) is 12.6 Å². The molecule has 3 N–H and O–H groups in total. The maximum Gasteiger partial charge on any atom is 0.191 e. The maximum atomic E-state index is 9.92. The van der Waals surface area contributed by atoms with Gasteiger partial charge in [0.25, 0.3) is 0 Å². The van der Waals surface area contributed by atoms with E-state index in [1.807, 2.05) is 0 Å². The molecular formula is C17H29N3OS. The predicted molar refractivity (Wildman–Crippen MR) is 94.7 cm³/mol. The summed E-state index contributed by atoms with van der Waals surface area (Å²) in [5.74, 6) is 1.21. The molecule has 0 bridgehead atoms. The van der Waals surface area contributed by atoms with Gasteiger partial charge in [0.1, 0.15) is 0 Å². The Morgan fingerprint density at radius 2 is 2.23 bits per heavy atom. The molecule has 1 aromatic heterocycles. The van der Waals surface area contributed by atoms with Gasteiger partial charge in [-0.15, -0.1) is 11.3 Å². The Kier molecular flexibility index (Phi) is 6.26. The van der Waals surface area contributed by atoms with Crippen molar-refractivity contribution in [1.29, 1.82) is 0 Å². The normalized spacial score (nSPS) is 22.8. The van der Waals surface area contributed by atoms with Gasteiger partial charge in [-0.1, -0.05) is 26.3 Å². The number of hydrogen-bond acceptors (Lipinski definition) is 3. The van der Waals surface area contributed by atoms with Gasteiger partial charge < -0.3 is 15.7 Å². The summed E-state index contributed by atoms with van der Waals surface area (Å²) in [6.45, 7) is 8.92. The molecule has 1 heterocycles. The summed E-state index contributed by atoms with van der Waals surface area (Å²) < 4.78 is 0. The second-order valence-corrected chi connectivity index (χ2v) is 7.64. The highest BCUT2D eigenvalue weighted by Crippen LogP contribution is 2.27. The van der Waals surface area contributed by atoms with Crippen molar-refractivity contribution in [3.63, 3.8) is 0 Å². The average Bonchev–Trinajstić information content (AvgIpc) is 3.14. The van der Waals surface area contributed by atoms with Crippen LogP contribution in [-0.4, -0.2) is 36.8 Å². The van der Waals surface area contributed by atoms with Crippen molar-refractivity contribution in [3.8, 4) is 0 Å². The quantitative estimate of drug-likeness (QED) is 0.557. The second kappa shape index (κ2) is 7.97. The Balaban J connectivity index is 1.91. The third-order valence-electron chi connectivity index (χ3n) is 4.32. The van der Waals surface area contributed by atoms with E-state index in [1.165, 1.54) is 4.88 Å². The molecule has 2 atom stereocenters. The summed E-state index contributed by atoms with van der Waals surface area (Å²) in [4.78, 5) is 6.11. The summed E-state index contributed by atoms with van der Waals surface area (Å²) in [7, 11) is 0. The van der Waals surface area contributed by atoms with Gasteiger partial charge in [0.2, 0.25) is 0 Å². The van der Waals surface area contributed by atoms with Gasteiger partial charge in [-0.05, 0) is 31.2 Å². The standard InChI is InChI=1S/C17H29N3OS/c1-4-18-16(19-11-13-7-5-8-14(13)21)20-12-17(2,3)15-9-6-10-22-15/h6,9-10,13-14,21H,4-5,7-8,11-12H2,1-3H3,(H2,18,19,20). The summed E-state index contributed by atoms with van der Waals surface area (Å²) in [6.07, 6.45) is 3.02. The lowest BCUT2D eigenvalue weighted by atomic mass is 9.92. The number of aliphatic hydroxyl groups excluding tert-OH is 1. The Bertz CT molecular complexity index is 470. The molecule has 1 aromatic rings. The first-order valence-corrected chi connectivity index (χ1v) is 9.15. The van der Waals surface area contributed by atoms with E-state index in [0.29, 0.717) is 5.92 Å². The summed E-state index contributed by atoms with van der Waals surface area (Å²) in [6, 6.07) is 4.27. The fourth-order valence-electron chi connectivity index (χ4n) is 2.84. The first kappa shape index (κ1) is 17.3. The van der Waals surface area contributed by atoms with Gasteiger partial charge in [-0.2, -0.15) is 0 Å². The van der Waals surface area contributed by atoms with Crippen molar-refractivity contribution < 1.29 is 5.11 Å². The molecule has 22 heavy (non-hydrogen) atoms. The molecule has 1 aliphatic carbocycles. The van der Waals surface area contributed by atoms with Gasteiger partial charge in [-0.25, -0.2) is 0 Å². The highest BCUT2D eigenvalue weighted by atomic mass is 32.1. The van der Waals surface area contributed by atoms with E-state index in [4.69, 9.17) is 4.99 Å². The van der Waals surface area contributed by atoms with Crippen LogP contribution in [0.3, 0.4) is 0 Å². The molecule has 5 heteroatoms. The Labute approximate surface area is 138 Å². The second-order valence-electron chi connectivity index (χ2n) is 6.70. The van der Waals surface area contributed by atoms with Gasteiger partial charge in [-0.3, -0.25) is 4.99 Å². The lowest BCUT2D eigenvalue weighted by Crippen LogP contribution is -2.41.